The number of carbonyl (C=O) groups is 2. The van der Waals surface area contributed by atoms with Gasteiger partial charge in [0.1, 0.15) is 5.78 Å². The Morgan fingerprint density at radius 3 is 2.24 bits per heavy atom. The van der Waals surface area contributed by atoms with Gasteiger partial charge < -0.3 is 9.53 Å². The zero-order valence-corrected chi connectivity index (χ0v) is 11.1. The second-order valence-corrected chi connectivity index (χ2v) is 5.21. The van der Waals surface area contributed by atoms with Crippen molar-refractivity contribution in [2.75, 3.05) is 6.61 Å². The lowest BCUT2D eigenvalue weighted by atomic mass is 9.77. The van der Waals surface area contributed by atoms with Crippen molar-refractivity contribution >= 4 is 11.8 Å². The quantitative estimate of drug-likeness (QED) is 0.641. The van der Waals surface area contributed by atoms with Crippen LogP contribution in [0.25, 0.3) is 0 Å². The summed E-state index contributed by atoms with van der Waals surface area (Å²) in [7, 11) is 0. The van der Waals surface area contributed by atoms with Crippen molar-refractivity contribution in [1.82, 2.24) is 0 Å². The zero-order chi connectivity index (χ0) is 12.7. The van der Waals surface area contributed by atoms with Gasteiger partial charge in [-0.3, -0.25) is 4.79 Å². The van der Waals surface area contributed by atoms with E-state index in [1.54, 1.807) is 6.92 Å². The van der Waals surface area contributed by atoms with Gasteiger partial charge in [0.25, 0.3) is 0 Å². The molecule has 1 aliphatic carbocycles. The number of ether oxygens (including phenoxy) is 1. The fourth-order valence-electron chi connectivity index (χ4n) is 2.79. The number of rotatable bonds is 7. The van der Waals surface area contributed by atoms with E-state index in [0.29, 0.717) is 19.4 Å². The highest BCUT2D eigenvalue weighted by molar-refractivity contribution is 5.75. The largest absolute Gasteiger partial charge is 0.466 e. The first kappa shape index (κ1) is 14.2. The molecule has 0 bridgehead atoms. The van der Waals surface area contributed by atoms with Gasteiger partial charge in [0, 0.05) is 12.8 Å². The van der Waals surface area contributed by atoms with E-state index in [4.69, 9.17) is 4.74 Å². The van der Waals surface area contributed by atoms with Crippen molar-refractivity contribution in [3.05, 3.63) is 0 Å². The van der Waals surface area contributed by atoms with Gasteiger partial charge >= 0.3 is 5.97 Å². The van der Waals surface area contributed by atoms with Crippen LogP contribution < -0.4 is 0 Å². The number of hydrogen-bond donors (Lipinski definition) is 0. The molecule has 1 rings (SSSR count). The summed E-state index contributed by atoms with van der Waals surface area (Å²) < 4.78 is 4.97. The molecule has 0 saturated heterocycles. The lowest BCUT2D eigenvalue weighted by molar-refractivity contribution is -0.143. The Hall–Kier alpha value is -0.860. The van der Waals surface area contributed by atoms with Crippen LogP contribution in [0.4, 0.5) is 0 Å². The summed E-state index contributed by atoms with van der Waals surface area (Å²) in [6, 6.07) is 0. The standard InChI is InChI=1S/C14H24O3/c1-3-17-13(16)7-11-14(8-4-5-9-14)10-6-12(2)15/h3-11H2,1-2H3. The molecule has 3 nitrogen and oxygen atoms in total. The molecule has 0 N–H and O–H groups in total. The summed E-state index contributed by atoms with van der Waals surface area (Å²) in [5, 5.41) is 0. The SMILES string of the molecule is CCOC(=O)CCC1(CCC(C)=O)CCCC1. The zero-order valence-electron chi connectivity index (χ0n) is 11.1. The number of hydrogen-bond acceptors (Lipinski definition) is 3. The van der Waals surface area contributed by atoms with Gasteiger partial charge in [-0.1, -0.05) is 12.8 Å². The predicted octanol–water partition coefficient (Wildman–Crippen LogP) is 3.26. The molecule has 0 aromatic heterocycles. The second kappa shape index (κ2) is 6.77. The van der Waals surface area contributed by atoms with E-state index in [1.807, 2.05) is 6.92 Å². The van der Waals surface area contributed by atoms with Crippen LogP contribution in [0.3, 0.4) is 0 Å². The molecule has 0 aromatic carbocycles. The van der Waals surface area contributed by atoms with Crippen LogP contribution in [-0.2, 0) is 14.3 Å². The summed E-state index contributed by atoms with van der Waals surface area (Å²) >= 11 is 0. The molecule has 0 spiro atoms. The molecule has 0 amide bonds. The molecule has 3 heteroatoms. The number of carbonyl (C=O) groups excluding carboxylic acids is 2. The van der Waals surface area contributed by atoms with Crippen LogP contribution in [0, 0.1) is 5.41 Å². The third-order valence-corrected chi connectivity index (χ3v) is 3.84. The molecule has 1 fully saturated rings. The van der Waals surface area contributed by atoms with E-state index < -0.39 is 0 Å². The van der Waals surface area contributed by atoms with E-state index in [9.17, 15) is 9.59 Å². The van der Waals surface area contributed by atoms with E-state index in [2.05, 4.69) is 0 Å². The van der Waals surface area contributed by atoms with Crippen molar-refractivity contribution in [3.63, 3.8) is 0 Å². The Balaban J connectivity index is 2.41. The Kier molecular flexibility index (Phi) is 5.66. The van der Waals surface area contributed by atoms with Gasteiger partial charge in [0.2, 0.25) is 0 Å². The summed E-state index contributed by atoms with van der Waals surface area (Å²) in [6.07, 6.45) is 7.80. The number of esters is 1. The highest BCUT2D eigenvalue weighted by Gasteiger charge is 2.33. The Bertz CT molecular complexity index is 265. The fraction of sp³-hybridized carbons (Fsp3) is 0.857. The van der Waals surface area contributed by atoms with E-state index in [1.165, 1.54) is 25.7 Å². The number of Topliss-reactive ketones (excluding diaryl/α,β-unsaturated/α-hetero) is 1. The maximum atomic E-state index is 11.4. The molecule has 0 radical (unpaired) electrons. The van der Waals surface area contributed by atoms with Crippen molar-refractivity contribution in [2.24, 2.45) is 5.41 Å². The third kappa shape index (κ3) is 4.88. The third-order valence-electron chi connectivity index (χ3n) is 3.84. The molecule has 98 valence electrons. The van der Waals surface area contributed by atoms with E-state index >= 15 is 0 Å². The van der Waals surface area contributed by atoms with Gasteiger partial charge in [-0.15, -0.1) is 0 Å². The van der Waals surface area contributed by atoms with Gasteiger partial charge in [0.05, 0.1) is 6.61 Å². The summed E-state index contributed by atoms with van der Waals surface area (Å²) in [5.74, 6) is 0.161. The monoisotopic (exact) mass is 240 g/mol. The molecule has 0 aromatic rings. The lowest BCUT2D eigenvalue weighted by Crippen LogP contribution is -2.20. The van der Waals surface area contributed by atoms with Crippen LogP contribution in [0.15, 0.2) is 0 Å². The molecule has 0 atom stereocenters. The van der Waals surface area contributed by atoms with Gasteiger partial charge in [-0.2, -0.15) is 0 Å². The van der Waals surface area contributed by atoms with Gasteiger partial charge in [0.15, 0.2) is 0 Å². The minimum Gasteiger partial charge on any atom is -0.466 e. The highest BCUT2D eigenvalue weighted by atomic mass is 16.5. The van der Waals surface area contributed by atoms with Crippen molar-refractivity contribution in [2.45, 2.75) is 65.2 Å². The van der Waals surface area contributed by atoms with Crippen molar-refractivity contribution in [3.8, 4) is 0 Å². The Morgan fingerprint density at radius 1 is 1.12 bits per heavy atom. The highest BCUT2D eigenvalue weighted by Crippen LogP contribution is 2.45. The molecular weight excluding hydrogens is 216 g/mol. The first-order valence-electron chi connectivity index (χ1n) is 6.73. The summed E-state index contributed by atoms with van der Waals surface area (Å²) in [6.45, 7) is 3.94. The normalized spacial score (nSPS) is 18.0. The minimum absolute atomic E-state index is 0.0957. The average molecular weight is 240 g/mol. The minimum atomic E-state index is -0.0957. The topological polar surface area (TPSA) is 43.4 Å². The van der Waals surface area contributed by atoms with Gasteiger partial charge in [-0.25, -0.2) is 0 Å². The second-order valence-electron chi connectivity index (χ2n) is 5.21. The number of ketones is 1. The van der Waals surface area contributed by atoms with Crippen LogP contribution in [-0.4, -0.2) is 18.4 Å². The first-order chi connectivity index (χ1) is 8.08. The molecule has 1 aliphatic rings. The van der Waals surface area contributed by atoms with E-state index in [0.717, 1.165) is 12.8 Å². The van der Waals surface area contributed by atoms with Crippen LogP contribution >= 0.6 is 0 Å². The van der Waals surface area contributed by atoms with Crippen LogP contribution in [0.5, 0.6) is 0 Å². The first-order valence-corrected chi connectivity index (χ1v) is 6.73. The summed E-state index contributed by atoms with van der Waals surface area (Å²) in [4.78, 5) is 22.5. The van der Waals surface area contributed by atoms with E-state index in [-0.39, 0.29) is 17.2 Å². The molecular formula is C14H24O3. The fourth-order valence-corrected chi connectivity index (χ4v) is 2.79. The molecule has 1 saturated carbocycles. The average Bonchev–Trinajstić information content (AvgIpc) is 2.74. The maximum Gasteiger partial charge on any atom is 0.305 e. The molecule has 0 aliphatic heterocycles. The summed E-state index contributed by atoms with van der Waals surface area (Å²) in [5.41, 5.74) is 0.235. The predicted molar refractivity (Wildman–Crippen MR) is 66.7 cm³/mol. The van der Waals surface area contributed by atoms with Crippen LogP contribution in [0.1, 0.15) is 65.2 Å². The van der Waals surface area contributed by atoms with Crippen LogP contribution in [0.2, 0.25) is 0 Å². The smallest absolute Gasteiger partial charge is 0.305 e. The lowest BCUT2D eigenvalue weighted by Gasteiger charge is -2.28. The van der Waals surface area contributed by atoms with Crippen molar-refractivity contribution in [1.29, 1.82) is 0 Å². The molecule has 17 heavy (non-hydrogen) atoms. The Labute approximate surface area is 104 Å². The Morgan fingerprint density at radius 2 is 1.71 bits per heavy atom. The maximum absolute atomic E-state index is 11.4. The molecule has 0 unspecified atom stereocenters. The van der Waals surface area contributed by atoms with Gasteiger partial charge in [-0.05, 0) is 44.9 Å². The van der Waals surface area contributed by atoms with Crippen molar-refractivity contribution < 1.29 is 14.3 Å². The molecule has 0 heterocycles.